The summed E-state index contributed by atoms with van der Waals surface area (Å²) in [7, 11) is 0. The Hall–Kier alpha value is -2.22. The van der Waals surface area contributed by atoms with E-state index in [-0.39, 0.29) is 0 Å². The Bertz CT molecular complexity index is 737. The Morgan fingerprint density at radius 3 is 2.33 bits per heavy atom. The van der Waals surface area contributed by atoms with Crippen LogP contribution in [0.4, 0.5) is 11.4 Å². The highest BCUT2D eigenvalue weighted by molar-refractivity contribution is 6.08. The van der Waals surface area contributed by atoms with Gasteiger partial charge < -0.3 is 0 Å². The Morgan fingerprint density at radius 2 is 1.62 bits per heavy atom. The largest absolute Gasteiger partial charge is 0.257 e. The van der Waals surface area contributed by atoms with Gasteiger partial charge in [0.05, 0.1) is 11.4 Å². The fourth-order valence-electron chi connectivity index (χ4n) is 3.49. The highest BCUT2D eigenvalue weighted by Gasteiger charge is 2.23. The van der Waals surface area contributed by atoms with Crippen LogP contribution in [-0.4, -0.2) is 11.4 Å². The molecule has 1 fully saturated rings. The number of nitrogens with zero attached hydrogens (tertiary/aromatic N) is 2. The van der Waals surface area contributed by atoms with Gasteiger partial charge in [0.1, 0.15) is 0 Å². The van der Waals surface area contributed by atoms with Crippen LogP contribution in [0.5, 0.6) is 0 Å². The lowest BCUT2D eigenvalue weighted by Gasteiger charge is -2.25. The molecule has 0 N–H and O–H groups in total. The van der Waals surface area contributed by atoms with Gasteiger partial charge in [-0.2, -0.15) is 0 Å². The van der Waals surface area contributed by atoms with Crippen LogP contribution in [0.3, 0.4) is 0 Å². The van der Waals surface area contributed by atoms with Crippen molar-refractivity contribution in [2.24, 2.45) is 15.9 Å². The summed E-state index contributed by atoms with van der Waals surface area (Å²) in [5.41, 5.74) is 7.18. The summed E-state index contributed by atoms with van der Waals surface area (Å²) in [6, 6.07) is 16.6. The minimum Gasteiger partial charge on any atom is -0.257 e. The molecule has 2 nitrogen and oxygen atoms in total. The smallest absolute Gasteiger partial charge is 0.0687 e. The van der Waals surface area contributed by atoms with Gasteiger partial charge in [0.2, 0.25) is 0 Å². The first-order valence-corrected chi connectivity index (χ1v) is 8.89. The summed E-state index contributed by atoms with van der Waals surface area (Å²) in [6.45, 7) is 6.45. The number of para-hydroxylation sites is 2. The Morgan fingerprint density at radius 1 is 0.917 bits per heavy atom. The lowest BCUT2D eigenvalue weighted by atomic mass is 9.84. The summed E-state index contributed by atoms with van der Waals surface area (Å²) in [6.07, 6.45) is 4.74. The SMILES string of the molecule is C/C(=N\c1ccccc1)C1CCCC/C1=N\c1c(C)cccc1C. The molecule has 1 aliphatic carbocycles. The third-order valence-electron chi connectivity index (χ3n) is 4.84. The highest BCUT2D eigenvalue weighted by atomic mass is 14.8. The Kier molecular flexibility index (Phi) is 5.24. The molecule has 0 heterocycles. The lowest BCUT2D eigenvalue weighted by molar-refractivity contribution is 0.611. The molecule has 0 aromatic heterocycles. The van der Waals surface area contributed by atoms with Crippen LogP contribution < -0.4 is 0 Å². The number of rotatable bonds is 3. The van der Waals surface area contributed by atoms with E-state index in [9.17, 15) is 0 Å². The zero-order chi connectivity index (χ0) is 16.9. The first-order valence-electron chi connectivity index (χ1n) is 8.89. The van der Waals surface area contributed by atoms with Crippen molar-refractivity contribution in [2.75, 3.05) is 0 Å². The van der Waals surface area contributed by atoms with Crippen LogP contribution in [0.15, 0.2) is 58.5 Å². The van der Waals surface area contributed by atoms with Gasteiger partial charge >= 0.3 is 0 Å². The van der Waals surface area contributed by atoms with Crippen molar-refractivity contribution in [3.8, 4) is 0 Å². The number of hydrogen-bond donors (Lipinski definition) is 0. The van der Waals surface area contributed by atoms with E-state index < -0.39 is 0 Å². The molecule has 0 spiro atoms. The second kappa shape index (κ2) is 7.57. The van der Waals surface area contributed by atoms with Gasteiger partial charge in [-0.15, -0.1) is 0 Å². The minimum atomic E-state index is 0.373. The topological polar surface area (TPSA) is 24.7 Å². The molecule has 0 aliphatic heterocycles. The van der Waals surface area contributed by atoms with E-state index in [0.717, 1.165) is 24.2 Å². The summed E-state index contributed by atoms with van der Waals surface area (Å²) in [4.78, 5) is 9.95. The normalized spacial score (nSPS) is 20.4. The number of hydrogen-bond acceptors (Lipinski definition) is 2. The minimum absolute atomic E-state index is 0.373. The molecular formula is C22H26N2. The summed E-state index contributed by atoms with van der Waals surface area (Å²) in [5.74, 6) is 0.373. The van der Waals surface area contributed by atoms with E-state index in [1.54, 1.807) is 0 Å². The van der Waals surface area contributed by atoms with E-state index in [0.29, 0.717) is 5.92 Å². The molecule has 1 unspecified atom stereocenters. The van der Waals surface area contributed by atoms with Gasteiger partial charge in [-0.05, 0) is 63.3 Å². The molecule has 1 aliphatic rings. The molecule has 0 saturated heterocycles. The molecule has 2 aromatic rings. The molecule has 0 radical (unpaired) electrons. The molecule has 1 saturated carbocycles. The van der Waals surface area contributed by atoms with Crippen molar-refractivity contribution in [1.29, 1.82) is 0 Å². The van der Waals surface area contributed by atoms with E-state index in [4.69, 9.17) is 9.98 Å². The van der Waals surface area contributed by atoms with E-state index >= 15 is 0 Å². The second-order valence-corrected chi connectivity index (χ2v) is 6.73. The van der Waals surface area contributed by atoms with E-state index in [1.807, 2.05) is 18.2 Å². The van der Waals surface area contributed by atoms with Crippen molar-refractivity contribution in [3.63, 3.8) is 0 Å². The molecule has 3 rings (SSSR count). The monoisotopic (exact) mass is 318 g/mol. The first-order chi connectivity index (χ1) is 11.6. The van der Waals surface area contributed by atoms with Gasteiger partial charge in [0, 0.05) is 17.3 Å². The first kappa shape index (κ1) is 16.6. The van der Waals surface area contributed by atoms with Crippen LogP contribution in [0.1, 0.15) is 43.7 Å². The van der Waals surface area contributed by atoms with Crippen molar-refractivity contribution in [2.45, 2.75) is 46.5 Å². The van der Waals surface area contributed by atoms with Crippen LogP contribution in [0.2, 0.25) is 0 Å². The van der Waals surface area contributed by atoms with Crippen LogP contribution in [0.25, 0.3) is 0 Å². The highest BCUT2D eigenvalue weighted by Crippen LogP contribution is 2.30. The predicted octanol–water partition coefficient (Wildman–Crippen LogP) is 6.36. The maximum atomic E-state index is 5.10. The second-order valence-electron chi connectivity index (χ2n) is 6.73. The fraction of sp³-hybridized carbons (Fsp3) is 0.364. The number of aliphatic imine (C=N–C) groups is 2. The van der Waals surface area contributed by atoms with Crippen LogP contribution in [-0.2, 0) is 0 Å². The lowest BCUT2D eigenvalue weighted by Crippen LogP contribution is -2.25. The average Bonchev–Trinajstić information content (AvgIpc) is 2.59. The summed E-state index contributed by atoms with van der Waals surface area (Å²) < 4.78 is 0. The Labute approximate surface area is 145 Å². The Balaban J connectivity index is 1.94. The molecule has 124 valence electrons. The maximum absolute atomic E-state index is 5.10. The van der Waals surface area contributed by atoms with E-state index in [1.165, 1.54) is 35.4 Å². The molecule has 2 heteroatoms. The van der Waals surface area contributed by atoms with Crippen molar-refractivity contribution < 1.29 is 0 Å². The summed E-state index contributed by atoms with van der Waals surface area (Å²) in [5, 5.41) is 0. The van der Waals surface area contributed by atoms with Crippen LogP contribution >= 0.6 is 0 Å². The molecule has 2 aromatic carbocycles. The molecule has 24 heavy (non-hydrogen) atoms. The van der Waals surface area contributed by atoms with Gasteiger partial charge in [-0.1, -0.05) is 42.8 Å². The molecular weight excluding hydrogens is 292 g/mol. The zero-order valence-corrected chi connectivity index (χ0v) is 14.9. The van der Waals surface area contributed by atoms with Crippen molar-refractivity contribution >= 4 is 22.8 Å². The number of aryl methyl sites for hydroxylation is 2. The zero-order valence-electron chi connectivity index (χ0n) is 14.9. The van der Waals surface area contributed by atoms with Gasteiger partial charge in [-0.25, -0.2) is 0 Å². The third-order valence-corrected chi connectivity index (χ3v) is 4.84. The molecule has 0 amide bonds. The van der Waals surface area contributed by atoms with E-state index in [2.05, 4.69) is 51.1 Å². The van der Waals surface area contributed by atoms with Crippen LogP contribution in [0, 0.1) is 19.8 Å². The predicted molar refractivity (Wildman–Crippen MR) is 104 cm³/mol. The fourth-order valence-corrected chi connectivity index (χ4v) is 3.49. The quantitative estimate of drug-likeness (QED) is 0.588. The van der Waals surface area contributed by atoms with Gasteiger partial charge in [-0.3, -0.25) is 9.98 Å². The average molecular weight is 318 g/mol. The van der Waals surface area contributed by atoms with Gasteiger partial charge in [0.25, 0.3) is 0 Å². The number of benzene rings is 2. The third kappa shape index (κ3) is 3.81. The molecule has 1 atom stereocenters. The maximum Gasteiger partial charge on any atom is 0.0687 e. The van der Waals surface area contributed by atoms with Crippen molar-refractivity contribution in [3.05, 3.63) is 59.7 Å². The standard InChI is InChI=1S/C22H26N2/c1-16-10-9-11-17(2)22(16)24-21-15-8-7-14-20(21)18(3)23-19-12-5-4-6-13-19/h4-6,9-13,20H,7-8,14-15H2,1-3H3/b23-18+,24-21+. The van der Waals surface area contributed by atoms with Crippen molar-refractivity contribution in [1.82, 2.24) is 0 Å². The molecule has 0 bridgehead atoms. The summed E-state index contributed by atoms with van der Waals surface area (Å²) >= 11 is 0. The van der Waals surface area contributed by atoms with Gasteiger partial charge in [0.15, 0.2) is 0 Å².